The van der Waals surface area contributed by atoms with Gasteiger partial charge < -0.3 is 9.80 Å². The monoisotopic (exact) mass is 392 g/mol. The zero-order valence-electron chi connectivity index (χ0n) is 16.1. The molecule has 144 valence electrons. The molecule has 28 heavy (non-hydrogen) atoms. The topological polar surface area (TPSA) is 37.6 Å². The number of likely N-dealkylation sites (tertiary alicyclic amines) is 1. The Hall–Kier alpha value is -2.24. The van der Waals surface area contributed by atoms with Gasteiger partial charge in [-0.05, 0) is 30.5 Å². The van der Waals surface area contributed by atoms with E-state index in [1.54, 1.807) is 11.3 Å². The number of para-hydroxylation sites is 1. The van der Waals surface area contributed by atoms with E-state index in [9.17, 15) is 4.79 Å². The average molecular weight is 393 g/mol. The number of nitrogens with zero attached hydrogens (tertiary/aromatic N) is 2. The third-order valence-corrected chi connectivity index (χ3v) is 7.34. The predicted octanol–water partition coefficient (Wildman–Crippen LogP) is 2.64. The number of carbonyl (C=O) groups excluding carboxylic acids is 1. The molecule has 1 amide bonds. The third-order valence-electron chi connectivity index (χ3n) is 6.14. The summed E-state index contributed by atoms with van der Waals surface area (Å²) in [5.74, 6) is 0.687. The summed E-state index contributed by atoms with van der Waals surface area (Å²) in [4.78, 5) is 21.3. The number of hydrogen-bond donors (Lipinski definition) is 1. The number of rotatable bonds is 3. The van der Waals surface area contributed by atoms with Gasteiger partial charge in [0, 0.05) is 31.0 Å². The number of carbonyl (C=O) groups is 1. The van der Waals surface area contributed by atoms with Crippen LogP contribution in [0.25, 0.3) is 10.2 Å². The summed E-state index contributed by atoms with van der Waals surface area (Å²) >= 11 is 1.79. The molecule has 1 N–H and O–H groups in total. The Balaban J connectivity index is 1.24. The van der Waals surface area contributed by atoms with Crippen molar-refractivity contribution < 1.29 is 9.69 Å². The summed E-state index contributed by atoms with van der Waals surface area (Å²) < 4.78 is 1.25. The highest BCUT2D eigenvalue weighted by Gasteiger charge is 2.30. The van der Waals surface area contributed by atoms with Crippen molar-refractivity contribution in [3.05, 3.63) is 64.7 Å². The van der Waals surface area contributed by atoms with E-state index in [1.165, 1.54) is 25.7 Å². The van der Waals surface area contributed by atoms with Gasteiger partial charge in [-0.15, -0.1) is 11.3 Å². The molecule has 1 fully saturated rings. The number of hydrogen-bond acceptors (Lipinski definition) is 3. The van der Waals surface area contributed by atoms with Gasteiger partial charge in [-0.25, -0.2) is 4.98 Å². The van der Waals surface area contributed by atoms with Crippen molar-refractivity contribution in [1.82, 2.24) is 9.88 Å². The molecule has 2 aliphatic heterocycles. The van der Waals surface area contributed by atoms with E-state index in [0.29, 0.717) is 18.4 Å². The van der Waals surface area contributed by atoms with E-state index >= 15 is 0 Å². The van der Waals surface area contributed by atoms with E-state index in [0.717, 1.165) is 51.0 Å². The highest BCUT2D eigenvalue weighted by molar-refractivity contribution is 7.18. The van der Waals surface area contributed by atoms with Gasteiger partial charge in [-0.3, -0.25) is 4.79 Å². The fraction of sp³-hybridized carbons (Fsp3) is 0.391. The standard InChI is InChI=1S/C23H25N3OS/c27-22(16-25-13-11-17-6-1-2-7-18(17)14-25)26-12-5-8-19(15-26)23-24-20-9-3-4-10-21(20)28-23/h1-4,6-7,9-10,19H,5,8,11-16H2/p+1/t19-/m0/s1. The fourth-order valence-corrected chi connectivity index (χ4v) is 5.68. The van der Waals surface area contributed by atoms with Crippen LogP contribution in [0.5, 0.6) is 0 Å². The molecule has 2 aliphatic rings. The molecule has 1 unspecified atom stereocenters. The summed E-state index contributed by atoms with van der Waals surface area (Å²) in [5, 5.41) is 1.19. The van der Waals surface area contributed by atoms with Gasteiger partial charge in [0.2, 0.25) is 0 Å². The lowest BCUT2D eigenvalue weighted by Crippen LogP contribution is -3.12. The Morgan fingerprint density at radius 1 is 1.14 bits per heavy atom. The van der Waals surface area contributed by atoms with Crippen LogP contribution in [0.15, 0.2) is 48.5 Å². The van der Waals surface area contributed by atoms with Crippen LogP contribution in [0.2, 0.25) is 0 Å². The average Bonchev–Trinajstić information content (AvgIpc) is 3.18. The molecule has 0 saturated carbocycles. The minimum absolute atomic E-state index is 0.306. The maximum atomic E-state index is 13.0. The highest BCUT2D eigenvalue weighted by Crippen LogP contribution is 2.32. The smallest absolute Gasteiger partial charge is 0.277 e. The van der Waals surface area contributed by atoms with E-state index in [1.807, 2.05) is 6.07 Å². The minimum Gasteiger partial charge on any atom is -0.337 e. The molecular weight excluding hydrogens is 366 g/mol. The van der Waals surface area contributed by atoms with E-state index in [-0.39, 0.29) is 0 Å². The van der Waals surface area contributed by atoms with Crippen LogP contribution in [-0.2, 0) is 17.8 Å². The van der Waals surface area contributed by atoms with Gasteiger partial charge in [0.15, 0.2) is 6.54 Å². The van der Waals surface area contributed by atoms with Crippen LogP contribution >= 0.6 is 11.3 Å². The number of amides is 1. The third kappa shape index (κ3) is 3.56. The van der Waals surface area contributed by atoms with Gasteiger partial charge >= 0.3 is 0 Å². The van der Waals surface area contributed by atoms with E-state index in [4.69, 9.17) is 4.98 Å². The maximum Gasteiger partial charge on any atom is 0.277 e. The molecule has 1 aromatic heterocycles. The predicted molar refractivity (Wildman–Crippen MR) is 113 cm³/mol. The zero-order valence-corrected chi connectivity index (χ0v) is 16.9. The first kappa shape index (κ1) is 17.8. The van der Waals surface area contributed by atoms with Crippen LogP contribution in [-0.4, -0.2) is 42.0 Å². The van der Waals surface area contributed by atoms with Crippen molar-refractivity contribution in [3.63, 3.8) is 0 Å². The normalized spacial score (nSPS) is 22.2. The molecule has 0 radical (unpaired) electrons. The first-order chi connectivity index (χ1) is 13.8. The lowest BCUT2D eigenvalue weighted by Gasteiger charge is -2.33. The molecule has 4 nitrogen and oxygen atoms in total. The van der Waals surface area contributed by atoms with E-state index in [2.05, 4.69) is 47.4 Å². The Kier molecular flexibility index (Phi) is 4.87. The van der Waals surface area contributed by atoms with Crippen LogP contribution in [0.1, 0.15) is 34.9 Å². The molecule has 0 spiro atoms. The number of quaternary nitrogens is 1. The number of thiazole rings is 1. The lowest BCUT2D eigenvalue weighted by atomic mass is 9.98. The lowest BCUT2D eigenvalue weighted by molar-refractivity contribution is -0.908. The maximum absolute atomic E-state index is 13.0. The largest absolute Gasteiger partial charge is 0.337 e. The first-order valence-corrected chi connectivity index (χ1v) is 11.1. The Bertz CT molecular complexity index is 965. The van der Waals surface area contributed by atoms with E-state index < -0.39 is 0 Å². The summed E-state index contributed by atoms with van der Waals surface area (Å²) in [5.41, 5.74) is 3.94. The van der Waals surface area contributed by atoms with Crippen molar-refractivity contribution >= 4 is 27.5 Å². The number of fused-ring (bicyclic) bond motifs is 2. The molecular formula is C23H26N3OS+. The molecule has 3 heterocycles. The van der Waals surface area contributed by atoms with Crippen molar-refractivity contribution in [2.45, 2.75) is 31.7 Å². The molecule has 2 aromatic carbocycles. The van der Waals surface area contributed by atoms with Gasteiger partial charge in [-0.2, -0.15) is 0 Å². The number of nitrogens with one attached hydrogen (secondary N) is 1. The number of piperidine rings is 1. The second-order valence-electron chi connectivity index (χ2n) is 8.07. The molecule has 3 aromatic rings. The molecule has 5 rings (SSSR count). The molecule has 1 saturated heterocycles. The first-order valence-electron chi connectivity index (χ1n) is 10.3. The summed E-state index contributed by atoms with van der Waals surface area (Å²) in [6, 6.07) is 17.0. The highest BCUT2D eigenvalue weighted by atomic mass is 32.1. The molecule has 2 atom stereocenters. The van der Waals surface area contributed by atoms with Gasteiger partial charge in [0.25, 0.3) is 5.91 Å². The van der Waals surface area contributed by atoms with Crippen LogP contribution in [0.4, 0.5) is 0 Å². The van der Waals surface area contributed by atoms with Crippen molar-refractivity contribution in [2.75, 3.05) is 26.2 Å². The van der Waals surface area contributed by atoms with Gasteiger partial charge in [0.05, 0.1) is 21.8 Å². The van der Waals surface area contributed by atoms with Crippen LogP contribution < -0.4 is 4.90 Å². The van der Waals surface area contributed by atoms with Crippen LogP contribution in [0, 0.1) is 0 Å². The summed E-state index contributed by atoms with van der Waals surface area (Å²) in [6.07, 6.45) is 3.28. The van der Waals surface area contributed by atoms with Crippen molar-refractivity contribution in [3.8, 4) is 0 Å². The summed E-state index contributed by atoms with van der Waals surface area (Å²) in [6.45, 7) is 4.35. The number of aromatic nitrogens is 1. The second-order valence-corrected chi connectivity index (χ2v) is 9.13. The van der Waals surface area contributed by atoms with Crippen molar-refractivity contribution in [2.24, 2.45) is 0 Å². The van der Waals surface area contributed by atoms with Crippen LogP contribution in [0.3, 0.4) is 0 Å². The SMILES string of the molecule is O=C(C[NH+]1CCc2ccccc2C1)N1CCC[C@H](c2nc3ccccc3s2)C1. The molecule has 0 bridgehead atoms. The Labute approximate surface area is 169 Å². The number of benzene rings is 2. The van der Waals surface area contributed by atoms with Gasteiger partial charge in [0.1, 0.15) is 6.54 Å². The zero-order chi connectivity index (χ0) is 18.9. The summed E-state index contributed by atoms with van der Waals surface area (Å²) in [7, 11) is 0. The fourth-order valence-electron chi connectivity index (χ4n) is 4.59. The molecule has 0 aliphatic carbocycles. The van der Waals surface area contributed by atoms with Crippen molar-refractivity contribution in [1.29, 1.82) is 0 Å². The van der Waals surface area contributed by atoms with Gasteiger partial charge in [-0.1, -0.05) is 36.4 Å². The molecule has 5 heteroatoms. The quantitative estimate of drug-likeness (QED) is 0.744. The second kappa shape index (κ2) is 7.64. The Morgan fingerprint density at radius 2 is 1.96 bits per heavy atom. The minimum atomic E-state index is 0.306. The Morgan fingerprint density at radius 3 is 2.86 bits per heavy atom.